The predicted octanol–water partition coefficient (Wildman–Crippen LogP) is 1.17. The molecule has 1 aromatic rings. The molecule has 1 unspecified atom stereocenters. The molecule has 0 aliphatic heterocycles. The number of carbonyl (C=O) groups is 1. The number of nitrogens with two attached hydrogens (primary N) is 1. The third-order valence-electron chi connectivity index (χ3n) is 2.53. The third kappa shape index (κ3) is 2.46. The van der Waals surface area contributed by atoms with Gasteiger partial charge in [0.15, 0.2) is 0 Å². The Labute approximate surface area is 104 Å². The molecule has 0 spiro atoms. The van der Waals surface area contributed by atoms with E-state index in [1.165, 1.54) is 12.2 Å². The molecule has 0 aromatic heterocycles. The summed E-state index contributed by atoms with van der Waals surface area (Å²) in [5.41, 5.74) is 6.24. The number of rotatable bonds is 2. The molecule has 0 saturated carbocycles. The molecule has 0 amide bonds. The SMILES string of the molecule is NC1C(=C=O)C=CC=C1C(=O)Oc1ccccc1. The molecule has 1 aliphatic carbocycles. The van der Waals surface area contributed by atoms with Gasteiger partial charge in [-0.25, -0.2) is 9.59 Å². The van der Waals surface area contributed by atoms with Crippen LogP contribution in [0.5, 0.6) is 5.75 Å². The summed E-state index contributed by atoms with van der Waals surface area (Å²) in [6.45, 7) is 0. The molecular weight excluding hydrogens is 230 g/mol. The Morgan fingerprint density at radius 2 is 2.00 bits per heavy atom. The lowest BCUT2D eigenvalue weighted by molar-refractivity contribution is -0.130. The molecule has 1 aromatic carbocycles. The molecule has 2 rings (SSSR count). The molecule has 2 N–H and O–H groups in total. The average molecular weight is 241 g/mol. The minimum Gasteiger partial charge on any atom is -0.423 e. The first-order valence-corrected chi connectivity index (χ1v) is 5.38. The first kappa shape index (κ1) is 12.0. The van der Waals surface area contributed by atoms with Gasteiger partial charge in [0.1, 0.15) is 11.7 Å². The molecule has 0 bridgehead atoms. The quantitative estimate of drug-likeness (QED) is 0.479. The van der Waals surface area contributed by atoms with Gasteiger partial charge in [-0.1, -0.05) is 24.3 Å². The van der Waals surface area contributed by atoms with E-state index in [-0.39, 0.29) is 11.1 Å². The monoisotopic (exact) mass is 241 g/mol. The number of carbonyl (C=O) groups excluding carboxylic acids is 2. The van der Waals surface area contributed by atoms with Crippen molar-refractivity contribution in [3.63, 3.8) is 0 Å². The number of hydrogen-bond acceptors (Lipinski definition) is 4. The van der Waals surface area contributed by atoms with Gasteiger partial charge in [0.05, 0.1) is 17.2 Å². The van der Waals surface area contributed by atoms with Crippen molar-refractivity contribution in [2.45, 2.75) is 6.04 Å². The van der Waals surface area contributed by atoms with E-state index in [1.807, 2.05) is 6.07 Å². The van der Waals surface area contributed by atoms with Gasteiger partial charge in [-0.15, -0.1) is 0 Å². The van der Waals surface area contributed by atoms with Gasteiger partial charge in [0.2, 0.25) is 0 Å². The van der Waals surface area contributed by atoms with Gasteiger partial charge in [0, 0.05) is 0 Å². The Hall–Kier alpha value is -2.42. The summed E-state index contributed by atoms with van der Waals surface area (Å²) < 4.78 is 5.15. The second kappa shape index (κ2) is 5.27. The zero-order chi connectivity index (χ0) is 13.0. The fourth-order valence-corrected chi connectivity index (χ4v) is 1.58. The minimum atomic E-state index is -0.788. The maximum Gasteiger partial charge on any atom is 0.341 e. The molecule has 4 heteroatoms. The van der Waals surface area contributed by atoms with E-state index in [1.54, 1.807) is 36.3 Å². The standard InChI is InChI=1S/C14H11NO3/c15-13-10(9-16)5-4-8-12(13)14(17)18-11-6-2-1-3-7-11/h1-8,13H,15H2. The van der Waals surface area contributed by atoms with E-state index in [4.69, 9.17) is 10.5 Å². The summed E-state index contributed by atoms with van der Waals surface area (Å²) in [6.07, 6.45) is 4.64. The van der Waals surface area contributed by atoms with E-state index in [0.717, 1.165) is 0 Å². The van der Waals surface area contributed by atoms with Crippen LogP contribution in [0, 0.1) is 0 Å². The zero-order valence-corrected chi connectivity index (χ0v) is 9.50. The van der Waals surface area contributed by atoms with Crippen molar-refractivity contribution in [2.75, 3.05) is 0 Å². The second-order valence-electron chi connectivity index (χ2n) is 3.72. The molecule has 0 radical (unpaired) electrons. The van der Waals surface area contributed by atoms with Crippen molar-refractivity contribution in [3.05, 3.63) is 59.7 Å². The molecule has 90 valence electrons. The highest BCUT2D eigenvalue weighted by atomic mass is 16.5. The molecule has 0 fully saturated rings. The van der Waals surface area contributed by atoms with Gasteiger partial charge >= 0.3 is 5.97 Å². The van der Waals surface area contributed by atoms with Crippen molar-refractivity contribution >= 4 is 11.9 Å². The Balaban J connectivity index is 2.18. The van der Waals surface area contributed by atoms with E-state index < -0.39 is 12.0 Å². The number of hydrogen-bond donors (Lipinski definition) is 1. The highest BCUT2D eigenvalue weighted by Gasteiger charge is 2.24. The number of para-hydroxylation sites is 1. The molecule has 1 aliphatic rings. The van der Waals surface area contributed by atoms with Gasteiger partial charge in [0.25, 0.3) is 0 Å². The van der Waals surface area contributed by atoms with Gasteiger partial charge in [-0.3, -0.25) is 0 Å². The predicted molar refractivity (Wildman–Crippen MR) is 66.5 cm³/mol. The summed E-state index contributed by atoms with van der Waals surface area (Å²) in [4.78, 5) is 22.5. The van der Waals surface area contributed by atoms with Crippen LogP contribution in [0.3, 0.4) is 0 Å². The summed E-state index contributed by atoms with van der Waals surface area (Å²) >= 11 is 0. The van der Waals surface area contributed by atoms with Crippen LogP contribution >= 0.6 is 0 Å². The Morgan fingerprint density at radius 3 is 2.67 bits per heavy atom. The van der Waals surface area contributed by atoms with Gasteiger partial charge in [-0.05, 0) is 24.3 Å². The van der Waals surface area contributed by atoms with Crippen molar-refractivity contribution in [1.29, 1.82) is 0 Å². The fraction of sp³-hybridized carbons (Fsp3) is 0.0714. The van der Waals surface area contributed by atoms with Crippen molar-refractivity contribution in [2.24, 2.45) is 5.73 Å². The molecule has 18 heavy (non-hydrogen) atoms. The van der Waals surface area contributed by atoms with Crippen LogP contribution in [0.1, 0.15) is 0 Å². The minimum absolute atomic E-state index is 0.234. The third-order valence-corrected chi connectivity index (χ3v) is 2.53. The Morgan fingerprint density at radius 1 is 1.28 bits per heavy atom. The van der Waals surface area contributed by atoms with Crippen LogP contribution in [0.15, 0.2) is 59.7 Å². The summed E-state index contributed by atoms with van der Waals surface area (Å²) in [5, 5.41) is 0. The maximum atomic E-state index is 11.9. The molecule has 4 nitrogen and oxygen atoms in total. The first-order valence-electron chi connectivity index (χ1n) is 5.38. The van der Waals surface area contributed by atoms with Crippen LogP contribution in [0.25, 0.3) is 0 Å². The Kier molecular flexibility index (Phi) is 3.53. The highest BCUT2D eigenvalue weighted by Crippen LogP contribution is 2.18. The first-order chi connectivity index (χ1) is 8.72. The van der Waals surface area contributed by atoms with E-state index in [0.29, 0.717) is 5.75 Å². The van der Waals surface area contributed by atoms with E-state index >= 15 is 0 Å². The molecule has 0 saturated heterocycles. The largest absolute Gasteiger partial charge is 0.423 e. The zero-order valence-electron chi connectivity index (χ0n) is 9.50. The second-order valence-corrected chi connectivity index (χ2v) is 3.72. The van der Waals surface area contributed by atoms with Crippen LogP contribution in [0.4, 0.5) is 0 Å². The summed E-state index contributed by atoms with van der Waals surface area (Å²) in [5.74, 6) is 1.58. The normalized spacial score (nSPS) is 17.9. The topological polar surface area (TPSA) is 69.4 Å². The lowest BCUT2D eigenvalue weighted by Gasteiger charge is -2.16. The average Bonchev–Trinajstić information content (AvgIpc) is 2.40. The Bertz CT molecular complexity index is 566. The smallest absolute Gasteiger partial charge is 0.341 e. The van der Waals surface area contributed by atoms with Crippen LogP contribution < -0.4 is 10.5 Å². The van der Waals surface area contributed by atoms with Crippen LogP contribution in [-0.2, 0) is 9.59 Å². The molecular formula is C14H11NO3. The lowest BCUT2D eigenvalue weighted by atomic mass is 9.96. The number of ether oxygens (including phenoxy) is 1. The maximum absolute atomic E-state index is 11.9. The number of benzene rings is 1. The van der Waals surface area contributed by atoms with Crippen molar-refractivity contribution in [1.82, 2.24) is 0 Å². The van der Waals surface area contributed by atoms with E-state index in [2.05, 4.69) is 0 Å². The van der Waals surface area contributed by atoms with Gasteiger partial charge < -0.3 is 10.5 Å². The fourth-order valence-electron chi connectivity index (χ4n) is 1.58. The number of esters is 1. The van der Waals surface area contributed by atoms with Crippen molar-refractivity contribution in [3.8, 4) is 5.75 Å². The number of allylic oxidation sites excluding steroid dienone is 2. The van der Waals surface area contributed by atoms with E-state index in [9.17, 15) is 9.59 Å². The molecule has 1 atom stereocenters. The molecule has 0 heterocycles. The van der Waals surface area contributed by atoms with Gasteiger partial charge in [-0.2, -0.15) is 0 Å². The summed E-state index contributed by atoms with van der Waals surface area (Å²) in [7, 11) is 0. The van der Waals surface area contributed by atoms with Crippen LogP contribution in [0.2, 0.25) is 0 Å². The lowest BCUT2D eigenvalue weighted by Crippen LogP contribution is -2.32. The van der Waals surface area contributed by atoms with Crippen LogP contribution in [-0.4, -0.2) is 18.0 Å². The summed E-state index contributed by atoms with van der Waals surface area (Å²) in [6, 6.07) is 7.88. The highest BCUT2D eigenvalue weighted by molar-refractivity contribution is 5.94. The van der Waals surface area contributed by atoms with Crippen molar-refractivity contribution < 1.29 is 14.3 Å².